The van der Waals surface area contributed by atoms with Gasteiger partial charge in [-0.25, -0.2) is 0 Å². The maximum Gasteiger partial charge on any atom is 0.296 e. The second-order valence-corrected chi connectivity index (χ2v) is 9.56. The minimum absolute atomic E-state index is 0.299. The highest BCUT2D eigenvalue weighted by Crippen LogP contribution is 2.34. The summed E-state index contributed by atoms with van der Waals surface area (Å²) in [7, 11) is 1.52. The smallest absolute Gasteiger partial charge is 0.296 e. The number of aryl methyl sites for hydroxylation is 2. The lowest BCUT2D eigenvalue weighted by molar-refractivity contribution is 0.213. The van der Waals surface area contributed by atoms with E-state index in [0.717, 1.165) is 39.1 Å². The fourth-order valence-electron chi connectivity index (χ4n) is 4.25. The number of aromatic nitrogens is 4. The summed E-state index contributed by atoms with van der Waals surface area (Å²) in [5.74, 6) is 0. The summed E-state index contributed by atoms with van der Waals surface area (Å²) in [6.45, 7) is 1.88. The van der Waals surface area contributed by atoms with E-state index >= 15 is 0 Å². The van der Waals surface area contributed by atoms with Gasteiger partial charge in [0.15, 0.2) is 5.65 Å². The van der Waals surface area contributed by atoms with Gasteiger partial charge in [-0.05, 0) is 59.9 Å². The molecule has 0 atom stereocenters. The van der Waals surface area contributed by atoms with Crippen molar-refractivity contribution in [3.8, 4) is 22.3 Å². The van der Waals surface area contributed by atoms with Crippen LogP contribution < -0.4 is 5.56 Å². The first-order valence-electron chi connectivity index (χ1n) is 11.9. The van der Waals surface area contributed by atoms with Crippen molar-refractivity contribution in [2.75, 3.05) is 7.11 Å². The first-order valence-corrected chi connectivity index (χ1v) is 12.7. The first-order chi connectivity index (χ1) is 18.4. The predicted octanol–water partition coefficient (Wildman–Crippen LogP) is 6.28. The van der Waals surface area contributed by atoms with Crippen molar-refractivity contribution in [1.29, 1.82) is 0 Å². The second-order valence-electron chi connectivity index (χ2n) is 8.69. The summed E-state index contributed by atoms with van der Waals surface area (Å²) in [6.07, 6.45) is 2.73. The third-order valence-corrected chi connectivity index (χ3v) is 6.74. The molecule has 3 aromatic carbocycles. The highest BCUT2D eigenvalue weighted by Gasteiger charge is 2.18. The molecule has 0 amide bonds. The third kappa shape index (κ3) is 5.30. The zero-order chi connectivity index (χ0) is 26.6. The highest BCUT2D eigenvalue weighted by molar-refractivity contribution is 6.31. The van der Waals surface area contributed by atoms with Crippen molar-refractivity contribution >= 4 is 34.6 Å². The fraction of sp³-hybridized carbons (Fsp3) is 0.138. The standard InChI is InChI=1S/C29H23Cl2N5O2/c1-18(35-38-2)20-6-3-19(4-7-20)5-16-26-29(37)36-28(34-33-26)27(22-10-14-24(31)15-11-22)25(17-32-36)21-8-12-23(30)13-9-21/h3-4,6-15,17H,5,16H2,1-2H3/b35-18+. The number of hydrogen-bond donors (Lipinski definition) is 0. The molecule has 0 radical (unpaired) electrons. The van der Waals surface area contributed by atoms with Crippen LogP contribution in [0.15, 0.2) is 88.9 Å². The zero-order valence-electron chi connectivity index (χ0n) is 20.7. The van der Waals surface area contributed by atoms with Crippen LogP contribution in [0.2, 0.25) is 10.0 Å². The van der Waals surface area contributed by atoms with Crippen molar-refractivity contribution in [2.45, 2.75) is 19.8 Å². The molecule has 0 spiro atoms. The topological polar surface area (TPSA) is 81.7 Å². The van der Waals surface area contributed by atoms with Gasteiger partial charge in [0.25, 0.3) is 5.56 Å². The number of fused-ring (bicyclic) bond motifs is 1. The lowest BCUT2D eigenvalue weighted by Gasteiger charge is -2.13. The average Bonchev–Trinajstić information content (AvgIpc) is 2.93. The minimum Gasteiger partial charge on any atom is -0.399 e. The van der Waals surface area contributed by atoms with Gasteiger partial charge in [0.05, 0.1) is 11.9 Å². The Bertz CT molecular complexity index is 1680. The van der Waals surface area contributed by atoms with Crippen LogP contribution in [0, 0.1) is 0 Å². The van der Waals surface area contributed by atoms with E-state index in [0.29, 0.717) is 34.2 Å². The molecule has 38 heavy (non-hydrogen) atoms. The van der Waals surface area contributed by atoms with Gasteiger partial charge in [0.2, 0.25) is 0 Å². The van der Waals surface area contributed by atoms with Crippen LogP contribution in [0.25, 0.3) is 27.9 Å². The maximum atomic E-state index is 13.4. The molecular weight excluding hydrogens is 521 g/mol. The predicted molar refractivity (Wildman–Crippen MR) is 151 cm³/mol. The Morgan fingerprint density at radius 1 is 0.868 bits per heavy atom. The molecule has 0 N–H and O–H groups in total. The Kier molecular flexibility index (Phi) is 7.49. The van der Waals surface area contributed by atoms with E-state index in [1.165, 1.54) is 11.6 Å². The molecule has 5 aromatic rings. The van der Waals surface area contributed by atoms with Crippen LogP contribution in [0.1, 0.15) is 23.7 Å². The largest absolute Gasteiger partial charge is 0.399 e. The van der Waals surface area contributed by atoms with Gasteiger partial charge < -0.3 is 4.84 Å². The van der Waals surface area contributed by atoms with Crippen LogP contribution in [-0.2, 0) is 17.7 Å². The van der Waals surface area contributed by atoms with Gasteiger partial charge in [0.1, 0.15) is 12.8 Å². The molecule has 0 aliphatic carbocycles. The number of oxime groups is 1. The molecule has 0 bridgehead atoms. The molecule has 9 heteroatoms. The molecule has 5 rings (SSSR count). The van der Waals surface area contributed by atoms with Crippen LogP contribution >= 0.6 is 23.2 Å². The molecule has 7 nitrogen and oxygen atoms in total. The minimum atomic E-state index is -0.299. The SMILES string of the molecule is CO/N=C(\C)c1ccc(CCc2nnc3c(-c4ccc(Cl)cc4)c(-c4ccc(Cl)cc4)cnn3c2=O)cc1. The zero-order valence-corrected chi connectivity index (χ0v) is 22.2. The average molecular weight is 544 g/mol. The summed E-state index contributed by atoms with van der Waals surface area (Å²) in [6, 6.07) is 22.8. The Hall–Kier alpha value is -4.07. The molecule has 0 fully saturated rings. The van der Waals surface area contributed by atoms with Gasteiger partial charge in [-0.3, -0.25) is 4.79 Å². The van der Waals surface area contributed by atoms with Gasteiger partial charge in [-0.1, -0.05) is 76.9 Å². The van der Waals surface area contributed by atoms with Crippen LogP contribution in [0.4, 0.5) is 0 Å². The molecule has 0 aliphatic heterocycles. The number of benzene rings is 3. The van der Waals surface area contributed by atoms with E-state index in [4.69, 9.17) is 28.0 Å². The van der Waals surface area contributed by atoms with Crippen molar-refractivity contribution < 1.29 is 4.84 Å². The summed E-state index contributed by atoms with van der Waals surface area (Å²) in [4.78, 5) is 18.3. The van der Waals surface area contributed by atoms with E-state index < -0.39 is 0 Å². The monoisotopic (exact) mass is 543 g/mol. The first kappa shape index (κ1) is 25.6. The summed E-state index contributed by atoms with van der Waals surface area (Å²) in [5, 5.41) is 18.5. The quantitative estimate of drug-likeness (QED) is 0.178. The molecular formula is C29H23Cl2N5O2. The summed E-state index contributed by atoms with van der Waals surface area (Å²) >= 11 is 12.2. The van der Waals surface area contributed by atoms with Gasteiger partial charge in [0, 0.05) is 27.6 Å². The van der Waals surface area contributed by atoms with Crippen molar-refractivity contribution in [3.05, 3.63) is 116 Å². The maximum absolute atomic E-state index is 13.4. The van der Waals surface area contributed by atoms with Crippen molar-refractivity contribution in [1.82, 2.24) is 19.8 Å². The molecule has 2 aromatic heterocycles. The molecule has 0 aliphatic rings. The Balaban J connectivity index is 1.52. The summed E-state index contributed by atoms with van der Waals surface area (Å²) in [5.41, 5.74) is 6.51. The lowest BCUT2D eigenvalue weighted by Crippen LogP contribution is -2.25. The normalized spacial score (nSPS) is 11.6. The van der Waals surface area contributed by atoms with Gasteiger partial charge in [-0.2, -0.15) is 9.61 Å². The van der Waals surface area contributed by atoms with Gasteiger partial charge >= 0.3 is 0 Å². The van der Waals surface area contributed by atoms with E-state index in [9.17, 15) is 4.79 Å². The lowest BCUT2D eigenvalue weighted by atomic mass is 9.97. The molecule has 2 heterocycles. The number of rotatable bonds is 7. The van der Waals surface area contributed by atoms with E-state index in [-0.39, 0.29) is 5.56 Å². The Morgan fingerprint density at radius 3 is 2.13 bits per heavy atom. The van der Waals surface area contributed by atoms with E-state index in [1.54, 1.807) is 18.3 Å². The molecule has 0 unspecified atom stereocenters. The van der Waals surface area contributed by atoms with Crippen LogP contribution in [0.3, 0.4) is 0 Å². The van der Waals surface area contributed by atoms with Crippen LogP contribution in [-0.4, -0.2) is 32.6 Å². The number of nitrogens with zero attached hydrogens (tertiary/aromatic N) is 5. The molecule has 190 valence electrons. The fourth-order valence-corrected chi connectivity index (χ4v) is 4.50. The van der Waals surface area contributed by atoms with Crippen molar-refractivity contribution in [3.63, 3.8) is 0 Å². The van der Waals surface area contributed by atoms with E-state index in [1.807, 2.05) is 67.6 Å². The Labute approximate surface area is 229 Å². The third-order valence-electron chi connectivity index (χ3n) is 6.24. The number of hydrogen-bond acceptors (Lipinski definition) is 6. The highest BCUT2D eigenvalue weighted by atomic mass is 35.5. The Morgan fingerprint density at radius 2 is 1.50 bits per heavy atom. The van der Waals surface area contributed by atoms with E-state index in [2.05, 4.69) is 20.5 Å². The second kappa shape index (κ2) is 11.1. The molecule has 0 saturated heterocycles. The number of halogens is 2. The summed E-state index contributed by atoms with van der Waals surface area (Å²) < 4.78 is 1.32. The van der Waals surface area contributed by atoms with Gasteiger partial charge in [-0.15, -0.1) is 10.2 Å². The van der Waals surface area contributed by atoms with Crippen molar-refractivity contribution in [2.24, 2.45) is 5.16 Å². The van der Waals surface area contributed by atoms with Crippen LogP contribution in [0.5, 0.6) is 0 Å². The molecule has 0 saturated carbocycles.